The average Bonchev–Trinajstić information content (AvgIpc) is 3.30. The average molecular weight is 360 g/mol. The molecule has 2 aromatic rings. The lowest BCUT2D eigenvalue weighted by atomic mass is 10.1. The van der Waals surface area contributed by atoms with Crippen molar-refractivity contribution < 1.29 is 14.0 Å². The van der Waals surface area contributed by atoms with E-state index in [9.17, 15) is 14.0 Å². The van der Waals surface area contributed by atoms with Crippen LogP contribution < -0.4 is 16.0 Å². The first-order valence-electron chi connectivity index (χ1n) is 8.42. The van der Waals surface area contributed by atoms with Crippen LogP contribution in [0.15, 0.2) is 30.5 Å². The van der Waals surface area contributed by atoms with E-state index in [1.165, 1.54) is 12.1 Å². The molecule has 2 heterocycles. The fourth-order valence-electron chi connectivity index (χ4n) is 2.90. The van der Waals surface area contributed by atoms with Crippen LogP contribution in [0, 0.1) is 5.82 Å². The van der Waals surface area contributed by atoms with E-state index in [1.54, 1.807) is 30.1 Å². The largest absolute Gasteiger partial charge is 0.358 e. The first-order valence-corrected chi connectivity index (χ1v) is 8.42. The predicted octanol–water partition coefficient (Wildman–Crippen LogP) is -0.0749. The molecule has 0 aliphatic carbocycles. The molecule has 26 heavy (non-hydrogen) atoms. The van der Waals surface area contributed by atoms with Crippen molar-refractivity contribution in [2.75, 3.05) is 13.6 Å². The van der Waals surface area contributed by atoms with Gasteiger partial charge in [0.1, 0.15) is 11.5 Å². The standard InChI is InChI=1S/C17H21FN6O2/c1-19-17(26)15-7-14(9-20-15)24-10-13(22-23-24)8-21-16(25)6-11-2-4-12(18)5-3-11/h2-5,10,14-15,20H,6-9H2,1H3,(H,19,26)(H,21,25)/t14-,15-/m0/s1. The van der Waals surface area contributed by atoms with Crippen LogP contribution in [0.4, 0.5) is 4.39 Å². The van der Waals surface area contributed by atoms with Crippen molar-refractivity contribution in [1.82, 2.24) is 30.9 Å². The number of carbonyl (C=O) groups is 2. The molecule has 0 unspecified atom stereocenters. The molecule has 0 saturated carbocycles. The number of carbonyl (C=O) groups excluding carboxylic acids is 2. The quantitative estimate of drug-likeness (QED) is 0.669. The third-order valence-corrected chi connectivity index (χ3v) is 4.35. The summed E-state index contributed by atoms with van der Waals surface area (Å²) < 4.78 is 14.6. The first-order chi connectivity index (χ1) is 12.5. The van der Waals surface area contributed by atoms with Crippen molar-refractivity contribution in [2.24, 2.45) is 0 Å². The Balaban J connectivity index is 1.48. The lowest BCUT2D eigenvalue weighted by molar-refractivity contribution is -0.122. The second-order valence-electron chi connectivity index (χ2n) is 6.23. The highest BCUT2D eigenvalue weighted by molar-refractivity contribution is 5.81. The Morgan fingerprint density at radius 3 is 2.85 bits per heavy atom. The summed E-state index contributed by atoms with van der Waals surface area (Å²) in [6, 6.07) is 5.65. The SMILES string of the molecule is CNC(=O)[C@@H]1C[C@H](n2cc(CNC(=O)Cc3ccc(F)cc3)nn2)CN1. The van der Waals surface area contributed by atoms with Crippen molar-refractivity contribution in [3.05, 3.63) is 47.5 Å². The van der Waals surface area contributed by atoms with E-state index in [4.69, 9.17) is 0 Å². The van der Waals surface area contributed by atoms with Crippen LogP contribution in [0.1, 0.15) is 23.7 Å². The third kappa shape index (κ3) is 4.42. The minimum atomic E-state index is -0.328. The molecule has 8 nitrogen and oxygen atoms in total. The molecule has 0 radical (unpaired) electrons. The van der Waals surface area contributed by atoms with Crippen molar-refractivity contribution in [3.63, 3.8) is 0 Å². The minimum Gasteiger partial charge on any atom is -0.358 e. The van der Waals surface area contributed by atoms with Gasteiger partial charge in [-0.05, 0) is 24.1 Å². The Bertz CT molecular complexity index is 776. The highest BCUT2D eigenvalue weighted by Crippen LogP contribution is 2.18. The molecule has 0 bridgehead atoms. The number of aromatic nitrogens is 3. The van der Waals surface area contributed by atoms with Gasteiger partial charge in [0.2, 0.25) is 11.8 Å². The molecule has 1 aromatic heterocycles. The van der Waals surface area contributed by atoms with E-state index in [0.717, 1.165) is 5.56 Å². The van der Waals surface area contributed by atoms with Gasteiger partial charge in [0, 0.05) is 13.6 Å². The van der Waals surface area contributed by atoms with Crippen molar-refractivity contribution in [3.8, 4) is 0 Å². The molecule has 0 spiro atoms. The number of hydrogen-bond donors (Lipinski definition) is 3. The maximum absolute atomic E-state index is 12.9. The van der Waals surface area contributed by atoms with E-state index in [2.05, 4.69) is 26.3 Å². The molecule has 2 atom stereocenters. The van der Waals surface area contributed by atoms with Crippen LogP contribution in [-0.4, -0.2) is 46.4 Å². The van der Waals surface area contributed by atoms with E-state index >= 15 is 0 Å². The van der Waals surface area contributed by atoms with Crippen LogP contribution in [-0.2, 0) is 22.6 Å². The summed E-state index contributed by atoms with van der Waals surface area (Å²) >= 11 is 0. The lowest BCUT2D eigenvalue weighted by Gasteiger charge is -2.08. The normalized spacial score (nSPS) is 19.3. The van der Waals surface area contributed by atoms with Crippen LogP contribution in [0.3, 0.4) is 0 Å². The van der Waals surface area contributed by atoms with Crippen LogP contribution >= 0.6 is 0 Å². The molecule has 1 fully saturated rings. The number of rotatable bonds is 6. The zero-order chi connectivity index (χ0) is 18.5. The van der Waals surface area contributed by atoms with E-state index in [-0.39, 0.29) is 42.7 Å². The second kappa shape index (κ2) is 8.05. The van der Waals surface area contributed by atoms with Crippen molar-refractivity contribution >= 4 is 11.8 Å². The summed E-state index contributed by atoms with van der Waals surface area (Å²) in [5.74, 6) is -0.542. The third-order valence-electron chi connectivity index (χ3n) is 4.35. The highest BCUT2D eigenvalue weighted by Gasteiger charge is 2.30. The summed E-state index contributed by atoms with van der Waals surface area (Å²) in [7, 11) is 1.61. The van der Waals surface area contributed by atoms with E-state index in [1.807, 2.05) is 0 Å². The number of amides is 2. The number of nitrogens with zero attached hydrogens (tertiary/aromatic N) is 3. The van der Waals surface area contributed by atoms with Gasteiger partial charge in [0.15, 0.2) is 0 Å². The van der Waals surface area contributed by atoms with Crippen molar-refractivity contribution in [1.29, 1.82) is 0 Å². The zero-order valence-electron chi connectivity index (χ0n) is 14.4. The lowest BCUT2D eigenvalue weighted by Crippen LogP contribution is -2.38. The van der Waals surface area contributed by atoms with Crippen LogP contribution in [0.5, 0.6) is 0 Å². The number of nitrogens with one attached hydrogen (secondary N) is 3. The molecule has 1 saturated heterocycles. The fraction of sp³-hybridized carbons (Fsp3) is 0.412. The number of benzene rings is 1. The Morgan fingerprint density at radius 1 is 1.35 bits per heavy atom. The van der Waals surface area contributed by atoms with Gasteiger partial charge >= 0.3 is 0 Å². The van der Waals surface area contributed by atoms with Gasteiger partial charge in [0.05, 0.1) is 31.2 Å². The molecule has 3 rings (SSSR count). The Hall–Kier alpha value is -2.81. The Labute approximate surface area is 150 Å². The summed E-state index contributed by atoms with van der Waals surface area (Å²) in [6.45, 7) is 0.900. The fourth-order valence-corrected chi connectivity index (χ4v) is 2.90. The minimum absolute atomic E-state index is 0.0408. The maximum Gasteiger partial charge on any atom is 0.236 e. The van der Waals surface area contributed by atoms with Gasteiger partial charge in [-0.15, -0.1) is 5.10 Å². The molecule has 1 aromatic carbocycles. The van der Waals surface area contributed by atoms with Gasteiger partial charge in [-0.2, -0.15) is 0 Å². The molecule has 3 N–H and O–H groups in total. The Morgan fingerprint density at radius 2 is 2.12 bits per heavy atom. The first kappa shape index (κ1) is 18.0. The van der Waals surface area contributed by atoms with Crippen LogP contribution in [0.25, 0.3) is 0 Å². The van der Waals surface area contributed by atoms with Gasteiger partial charge < -0.3 is 16.0 Å². The summed E-state index contributed by atoms with van der Waals surface area (Å²) in [5.41, 5.74) is 1.38. The predicted molar refractivity (Wildman–Crippen MR) is 91.5 cm³/mol. The maximum atomic E-state index is 12.9. The van der Waals surface area contributed by atoms with E-state index in [0.29, 0.717) is 18.7 Å². The Kier molecular flexibility index (Phi) is 5.57. The molecule has 1 aliphatic rings. The van der Waals surface area contributed by atoms with E-state index < -0.39 is 0 Å². The highest BCUT2D eigenvalue weighted by atomic mass is 19.1. The topological polar surface area (TPSA) is 101 Å². The molecule has 9 heteroatoms. The summed E-state index contributed by atoms with van der Waals surface area (Å²) in [5, 5.41) is 16.7. The van der Waals surface area contributed by atoms with Crippen molar-refractivity contribution in [2.45, 2.75) is 31.5 Å². The van der Waals surface area contributed by atoms with Gasteiger partial charge in [-0.3, -0.25) is 9.59 Å². The smallest absolute Gasteiger partial charge is 0.236 e. The number of hydrogen-bond acceptors (Lipinski definition) is 5. The molecule has 138 valence electrons. The van der Waals surface area contributed by atoms with Gasteiger partial charge in [-0.25, -0.2) is 9.07 Å². The summed E-state index contributed by atoms with van der Waals surface area (Å²) in [6.07, 6.45) is 2.59. The molecular weight excluding hydrogens is 339 g/mol. The van der Waals surface area contributed by atoms with Crippen LogP contribution in [0.2, 0.25) is 0 Å². The second-order valence-corrected chi connectivity index (χ2v) is 6.23. The summed E-state index contributed by atoms with van der Waals surface area (Å²) in [4.78, 5) is 23.6. The monoisotopic (exact) mass is 360 g/mol. The molecule has 1 aliphatic heterocycles. The number of halogens is 1. The van der Waals surface area contributed by atoms with Gasteiger partial charge in [0.25, 0.3) is 0 Å². The molecular formula is C17H21FN6O2. The van der Waals surface area contributed by atoms with Gasteiger partial charge in [-0.1, -0.05) is 17.3 Å². The molecule has 2 amide bonds. The zero-order valence-corrected chi connectivity index (χ0v) is 14.4. The number of likely N-dealkylation sites (N-methyl/N-ethyl adjacent to an activating group) is 1.